The summed E-state index contributed by atoms with van der Waals surface area (Å²) in [6, 6.07) is 6.36. The van der Waals surface area contributed by atoms with Crippen LogP contribution in [0.2, 0.25) is 0 Å². The number of nitrogens with zero attached hydrogens (tertiary/aromatic N) is 5. The minimum Gasteiger partial charge on any atom is -0.370 e. The third-order valence-corrected chi connectivity index (χ3v) is 3.91. The van der Waals surface area contributed by atoms with E-state index in [4.69, 9.17) is 5.73 Å². The van der Waals surface area contributed by atoms with Crippen LogP contribution >= 0.6 is 0 Å². The molecule has 3 N–H and O–H groups in total. The Balaban J connectivity index is 1.84. The number of imide groups is 1. The molecule has 1 atom stereocenters. The molecule has 2 heterocycles. The Kier molecular flexibility index (Phi) is 3.72. The van der Waals surface area contributed by atoms with Gasteiger partial charge in [-0.05, 0) is 35.0 Å². The van der Waals surface area contributed by atoms with Gasteiger partial charge in [-0.25, -0.2) is 9.48 Å². The molecule has 1 aliphatic heterocycles. The number of rotatable bonds is 5. The molecule has 0 bridgehead atoms. The maximum absolute atomic E-state index is 12.6. The van der Waals surface area contributed by atoms with Crippen LogP contribution in [-0.4, -0.2) is 49.5 Å². The monoisotopic (exact) mass is 329 g/mol. The molecule has 1 aromatic heterocycles. The van der Waals surface area contributed by atoms with E-state index in [1.54, 1.807) is 31.2 Å². The number of benzene rings is 1. The molecular weight excluding hydrogens is 314 g/mol. The molecule has 0 spiro atoms. The van der Waals surface area contributed by atoms with Gasteiger partial charge in [0.05, 0.1) is 5.69 Å². The van der Waals surface area contributed by atoms with Gasteiger partial charge in [0.1, 0.15) is 11.9 Å². The molecule has 1 aromatic carbocycles. The third kappa shape index (κ3) is 2.57. The van der Waals surface area contributed by atoms with Crippen LogP contribution in [0, 0.1) is 0 Å². The fraction of sp³-hybridized carbons (Fsp3) is 0.286. The highest BCUT2D eigenvalue weighted by Gasteiger charge is 2.48. The largest absolute Gasteiger partial charge is 0.370 e. The van der Waals surface area contributed by atoms with Crippen molar-refractivity contribution in [3.63, 3.8) is 0 Å². The summed E-state index contributed by atoms with van der Waals surface area (Å²) in [5.74, 6) is -1.00. The quantitative estimate of drug-likeness (QED) is 0.696. The Morgan fingerprint density at radius 3 is 2.58 bits per heavy atom. The Morgan fingerprint density at radius 1 is 1.29 bits per heavy atom. The minimum absolute atomic E-state index is 0.0434. The van der Waals surface area contributed by atoms with E-state index in [1.807, 2.05) is 0 Å². The number of amides is 4. The maximum atomic E-state index is 12.6. The van der Waals surface area contributed by atoms with Crippen molar-refractivity contribution in [3.05, 3.63) is 36.2 Å². The summed E-state index contributed by atoms with van der Waals surface area (Å²) in [6.07, 6.45) is 1.37. The first kappa shape index (κ1) is 15.6. The van der Waals surface area contributed by atoms with E-state index in [-0.39, 0.29) is 13.0 Å². The summed E-state index contributed by atoms with van der Waals surface area (Å²) in [5, 5.41) is 13.6. The number of nitrogens with two attached hydrogens (primary N) is 1. The normalized spacial score (nSPS) is 20.3. The van der Waals surface area contributed by atoms with Crippen LogP contribution in [0.15, 0.2) is 30.6 Å². The number of carbonyl (C=O) groups is 3. The molecule has 10 nitrogen and oxygen atoms in total. The predicted octanol–water partition coefficient (Wildman–Crippen LogP) is -0.695. The summed E-state index contributed by atoms with van der Waals surface area (Å²) in [5.41, 5.74) is 5.20. The predicted molar refractivity (Wildman–Crippen MR) is 80.6 cm³/mol. The lowest BCUT2D eigenvalue weighted by molar-refractivity contribution is -0.131. The fourth-order valence-electron chi connectivity index (χ4n) is 2.54. The fourth-order valence-corrected chi connectivity index (χ4v) is 2.54. The number of urea groups is 1. The lowest BCUT2D eigenvalue weighted by Crippen LogP contribution is -2.41. The molecule has 1 saturated heterocycles. The summed E-state index contributed by atoms with van der Waals surface area (Å²) in [6.45, 7) is 1.57. The van der Waals surface area contributed by atoms with Gasteiger partial charge in [-0.3, -0.25) is 14.5 Å². The zero-order valence-electron chi connectivity index (χ0n) is 12.8. The van der Waals surface area contributed by atoms with Crippen LogP contribution in [-0.2, 0) is 15.1 Å². The number of aromatic nitrogens is 4. The highest BCUT2D eigenvalue weighted by atomic mass is 16.2. The number of tetrazole rings is 1. The Hall–Kier alpha value is -3.30. The second kappa shape index (κ2) is 5.72. The summed E-state index contributed by atoms with van der Waals surface area (Å²) < 4.78 is 1.47. The Morgan fingerprint density at radius 2 is 2.00 bits per heavy atom. The van der Waals surface area contributed by atoms with E-state index in [9.17, 15) is 14.4 Å². The van der Waals surface area contributed by atoms with E-state index in [0.29, 0.717) is 5.56 Å². The number of primary amides is 1. The molecule has 3 rings (SSSR count). The topological polar surface area (TPSA) is 136 Å². The van der Waals surface area contributed by atoms with Crippen LogP contribution in [0.4, 0.5) is 4.79 Å². The van der Waals surface area contributed by atoms with E-state index in [2.05, 4.69) is 20.8 Å². The molecule has 24 heavy (non-hydrogen) atoms. The zero-order valence-corrected chi connectivity index (χ0v) is 12.8. The van der Waals surface area contributed by atoms with Crippen LogP contribution in [0.1, 0.15) is 18.9 Å². The van der Waals surface area contributed by atoms with Crippen molar-refractivity contribution in [3.8, 4) is 5.69 Å². The Labute approximate surface area is 136 Å². The molecule has 124 valence electrons. The molecule has 0 aliphatic carbocycles. The summed E-state index contributed by atoms with van der Waals surface area (Å²) >= 11 is 0. The highest BCUT2D eigenvalue weighted by molar-refractivity contribution is 6.07. The molecule has 0 radical (unpaired) electrons. The molecule has 10 heteroatoms. The van der Waals surface area contributed by atoms with Crippen molar-refractivity contribution in [1.82, 2.24) is 30.4 Å². The number of carbonyl (C=O) groups excluding carboxylic acids is 3. The lowest BCUT2D eigenvalue weighted by atomic mass is 9.92. The summed E-state index contributed by atoms with van der Waals surface area (Å²) in [4.78, 5) is 36.6. The van der Waals surface area contributed by atoms with Gasteiger partial charge in [0, 0.05) is 13.0 Å². The molecular formula is C14H15N7O3. The maximum Gasteiger partial charge on any atom is 0.325 e. The van der Waals surface area contributed by atoms with Gasteiger partial charge in [-0.1, -0.05) is 12.1 Å². The van der Waals surface area contributed by atoms with Crippen LogP contribution in [0.25, 0.3) is 5.69 Å². The van der Waals surface area contributed by atoms with Crippen LogP contribution in [0.5, 0.6) is 0 Å². The molecule has 2 aromatic rings. The molecule has 0 saturated carbocycles. The highest BCUT2D eigenvalue weighted by Crippen LogP contribution is 2.29. The molecule has 4 amide bonds. The van der Waals surface area contributed by atoms with Gasteiger partial charge in [0.25, 0.3) is 5.91 Å². The molecule has 1 aliphatic rings. The smallest absolute Gasteiger partial charge is 0.325 e. The van der Waals surface area contributed by atoms with Gasteiger partial charge in [0.15, 0.2) is 0 Å². The van der Waals surface area contributed by atoms with Gasteiger partial charge in [0.2, 0.25) is 5.91 Å². The van der Waals surface area contributed by atoms with Crippen molar-refractivity contribution < 1.29 is 14.4 Å². The minimum atomic E-state index is -1.20. The standard InChI is InChI=1S/C14H15N7O3/c1-14(12(23)20(13(24)17-14)7-6-11(15)22)9-2-4-10(5-3-9)21-8-16-18-19-21/h2-5,8H,6-7H2,1H3,(H2,15,22)(H,17,24). The molecule has 1 unspecified atom stereocenters. The van der Waals surface area contributed by atoms with Crippen molar-refractivity contribution >= 4 is 17.8 Å². The van der Waals surface area contributed by atoms with Gasteiger partial charge in [-0.15, -0.1) is 5.10 Å². The van der Waals surface area contributed by atoms with Crippen LogP contribution in [0.3, 0.4) is 0 Å². The molecule has 1 fully saturated rings. The number of hydrogen-bond donors (Lipinski definition) is 2. The average Bonchev–Trinajstić information content (AvgIpc) is 3.15. The first-order valence-electron chi connectivity index (χ1n) is 7.18. The van der Waals surface area contributed by atoms with E-state index in [0.717, 1.165) is 10.6 Å². The second-order valence-electron chi connectivity index (χ2n) is 5.53. The average molecular weight is 329 g/mol. The number of nitrogens with one attached hydrogen (secondary N) is 1. The van der Waals surface area contributed by atoms with Crippen molar-refractivity contribution in [2.24, 2.45) is 5.73 Å². The first-order valence-corrected chi connectivity index (χ1v) is 7.18. The number of hydrogen-bond acceptors (Lipinski definition) is 6. The van der Waals surface area contributed by atoms with Crippen molar-refractivity contribution in [2.45, 2.75) is 18.9 Å². The van der Waals surface area contributed by atoms with E-state index in [1.165, 1.54) is 11.0 Å². The van der Waals surface area contributed by atoms with E-state index < -0.39 is 23.4 Å². The van der Waals surface area contributed by atoms with Gasteiger partial charge in [-0.2, -0.15) is 0 Å². The summed E-state index contributed by atoms with van der Waals surface area (Å²) in [7, 11) is 0. The Bertz CT molecular complexity index is 787. The van der Waals surface area contributed by atoms with E-state index >= 15 is 0 Å². The third-order valence-electron chi connectivity index (χ3n) is 3.91. The van der Waals surface area contributed by atoms with Crippen molar-refractivity contribution in [1.29, 1.82) is 0 Å². The zero-order chi connectivity index (χ0) is 17.3. The lowest BCUT2D eigenvalue weighted by Gasteiger charge is -2.22. The van der Waals surface area contributed by atoms with Crippen molar-refractivity contribution in [2.75, 3.05) is 6.54 Å². The first-order chi connectivity index (χ1) is 11.4. The van der Waals surface area contributed by atoms with Gasteiger partial charge < -0.3 is 11.1 Å². The van der Waals surface area contributed by atoms with Crippen LogP contribution < -0.4 is 11.1 Å². The van der Waals surface area contributed by atoms with Gasteiger partial charge >= 0.3 is 6.03 Å². The SMILES string of the molecule is CC1(c2ccc(-n3cnnn3)cc2)NC(=O)N(CCC(N)=O)C1=O. The second-order valence-corrected chi connectivity index (χ2v) is 5.53.